The smallest absolute Gasteiger partial charge is 0.196 e. The van der Waals surface area contributed by atoms with Crippen molar-refractivity contribution in [1.29, 1.82) is 0 Å². The highest BCUT2D eigenvalue weighted by Crippen LogP contribution is 2.32. The Bertz CT molecular complexity index is 1270. The third-order valence-electron chi connectivity index (χ3n) is 5.11. The average molecular weight is 445 g/mol. The fraction of sp³-hybridized carbons (Fsp3) is 0.167. The van der Waals surface area contributed by atoms with E-state index in [-0.39, 0.29) is 11.5 Å². The number of aromatic nitrogens is 4. The Morgan fingerprint density at radius 1 is 1.03 bits per heavy atom. The minimum absolute atomic E-state index is 0.0192. The molecule has 0 amide bonds. The van der Waals surface area contributed by atoms with Crippen LogP contribution in [-0.4, -0.2) is 44.5 Å². The van der Waals surface area contributed by atoms with Crippen LogP contribution in [0.1, 0.15) is 15.9 Å². The quantitative estimate of drug-likeness (QED) is 0.322. The van der Waals surface area contributed by atoms with E-state index in [1.165, 1.54) is 11.8 Å². The lowest BCUT2D eigenvalue weighted by atomic mass is 10.1. The van der Waals surface area contributed by atoms with Crippen molar-refractivity contribution in [3.05, 3.63) is 78.1 Å². The number of carbonyl (C=O) groups is 1. The summed E-state index contributed by atoms with van der Waals surface area (Å²) in [5.74, 6) is 2.15. The third-order valence-corrected chi connectivity index (χ3v) is 6.03. The summed E-state index contributed by atoms with van der Waals surface area (Å²) in [7, 11) is 0. The summed E-state index contributed by atoms with van der Waals surface area (Å²) in [6, 6.07) is 17.1. The van der Waals surface area contributed by atoms with Crippen molar-refractivity contribution in [1.82, 2.24) is 19.7 Å². The molecule has 1 aliphatic rings. The molecule has 0 saturated carbocycles. The summed E-state index contributed by atoms with van der Waals surface area (Å²) < 4.78 is 13.1. The maximum Gasteiger partial charge on any atom is 0.196 e. The van der Waals surface area contributed by atoms with E-state index in [0.29, 0.717) is 41.3 Å². The summed E-state index contributed by atoms with van der Waals surface area (Å²) in [5.41, 5.74) is 3.48. The largest absolute Gasteiger partial charge is 0.486 e. The normalized spacial score (nSPS) is 12.5. The minimum Gasteiger partial charge on any atom is -0.486 e. The highest BCUT2D eigenvalue weighted by Gasteiger charge is 2.20. The predicted octanol–water partition coefficient (Wildman–Crippen LogP) is 4.38. The van der Waals surface area contributed by atoms with E-state index in [9.17, 15) is 4.79 Å². The van der Waals surface area contributed by atoms with Gasteiger partial charge in [-0.1, -0.05) is 30.0 Å². The summed E-state index contributed by atoms with van der Waals surface area (Å²) in [6.45, 7) is 3.04. The van der Waals surface area contributed by atoms with Gasteiger partial charge in [0, 0.05) is 23.5 Å². The number of Topliss-reactive ketones (excluding diaryl/α,β-unsaturated/α-hetero) is 1. The molecule has 8 heteroatoms. The molecule has 3 heterocycles. The summed E-state index contributed by atoms with van der Waals surface area (Å²) >= 11 is 1.35. The molecular formula is C24H20N4O3S. The van der Waals surface area contributed by atoms with Crippen LogP contribution in [0, 0.1) is 6.92 Å². The number of thioether (sulfide) groups is 1. The van der Waals surface area contributed by atoms with Crippen molar-refractivity contribution >= 4 is 17.5 Å². The lowest BCUT2D eigenvalue weighted by molar-refractivity contribution is 0.102. The van der Waals surface area contributed by atoms with Gasteiger partial charge in [-0.25, -0.2) is 0 Å². The van der Waals surface area contributed by atoms with Crippen molar-refractivity contribution in [3.63, 3.8) is 0 Å². The van der Waals surface area contributed by atoms with E-state index in [4.69, 9.17) is 9.47 Å². The first-order valence-electron chi connectivity index (χ1n) is 10.2. The van der Waals surface area contributed by atoms with Crippen LogP contribution < -0.4 is 9.47 Å². The number of rotatable bonds is 6. The van der Waals surface area contributed by atoms with E-state index >= 15 is 0 Å². The van der Waals surface area contributed by atoms with E-state index in [2.05, 4.69) is 15.2 Å². The Kier molecular flexibility index (Phi) is 5.60. The number of pyridine rings is 1. The molecular weight excluding hydrogens is 424 g/mol. The lowest BCUT2D eigenvalue weighted by Gasteiger charge is -2.18. The number of hydrogen-bond acceptors (Lipinski definition) is 7. The van der Waals surface area contributed by atoms with Crippen molar-refractivity contribution in [2.45, 2.75) is 12.1 Å². The van der Waals surface area contributed by atoms with Gasteiger partial charge in [0.1, 0.15) is 13.2 Å². The van der Waals surface area contributed by atoms with Gasteiger partial charge < -0.3 is 9.47 Å². The van der Waals surface area contributed by atoms with E-state index in [0.717, 1.165) is 16.8 Å². The Hall–Kier alpha value is -3.65. The molecule has 0 saturated heterocycles. The monoisotopic (exact) mass is 444 g/mol. The van der Waals surface area contributed by atoms with Gasteiger partial charge in [-0.3, -0.25) is 14.3 Å². The van der Waals surface area contributed by atoms with Gasteiger partial charge >= 0.3 is 0 Å². The fourth-order valence-electron chi connectivity index (χ4n) is 3.51. The van der Waals surface area contributed by atoms with Crippen LogP contribution in [0.15, 0.2) is 72.1 Å². The number of fused-ring (bicyclic) bond motifs is 1. The number of benzene rings is 2. The van der Waals surface area contributed by atoms with Gasteiger partial charge in [0.2, 0.25) is 0 Å². The Morgan fingerprint density at radius 2 is 1.88 bits per heavy atom. The van der Waals surface area contributed by atoms with Crippen molar-refractivity contribution in [3.8, 4) is 28.6 Å². The van der Waals surface area contributed by atoms with Gasteiger partial charge in [-0.2, -0.15) is 0 Å². The zero-order valence-corrected chi connectivity index (χ0v) is 18.2. The number of para-hydroxylation sites is 1. The zero-order valence-electron chi connectivity index (χ0n) is 17.4. The van der Waals surface area contributed by atoms with Crippen molar-refractivity contribution in [2.24, 2.45) is 0 Å². The van der Waals surface area contributed by atoms with E-state index in [1.54, 1.807) is 30.6 Å². The molecule has 2 aromatic carbocycles. The second-order valence-electron chi connectivity index (χ2n) is 7.24. The van der Waals surface area contributed by atoms with Crippen LogP contribution in [0.4, 0.5) is 0 Å². The topological polar surface area (TPSA) is 79.1 Å². The molecule has 1 aliphatic heterocycles. The van der Waals surface area contributed by atoms with Crippen molar-refractivity contribution in [2.75, 3.05) is 19.0 Å². The van der Waals surface area contributed by atoms with Crippen molar-refractivity contribution < 1.29 is 14.3 Å². The third kappa shape index (κ3) is 3.97. The second kappa shape index (κ2) is 8.84. The number of hydrogen-bond donors (Lipinski definition) is 0. The molecule has 4 aromatic rings. The van der Waals surface area contributed by atoms with Gasteiger partial charge in [-0.15, -0.1) is 10.2 Å². The van der Waals surface area contributed by atoms with Gasteiger partial charge in [0.15, 0.2) is 28.3 Å². The van der Waals surface area contributed by atoms with Crippen LogP contribution in [-0.2, 0) is 0 Å². The average Bonchev–Trinajstić information content (AvgIpc) is 3.26. The van der Waals surface area contributed by atoms with Crippen LogP contribution in [0.3, 0.4) is 0 Å². The molecule has 0 aliphatic carbocycles. The second-order valence-corrected chi connectivity index (χ2v) is 8.18. The Balaban J connectivity index is 1.44. The molecule has 2 aromatic heterocycles. The van der Waals surface area contributed by atoms with Crippen LogP contribution in [0.2, 0.25) is 0 Å². The highest BCUT2D eigenvalue weighted by molar-refractivity contribution is 7.99. The molecule has 0 unspecified atom stereocenters. The fourth-order valence-corrected chi connectivity index (χ4v) is 4.35. The maximum absolute atomic E-state index is 12.9. The van der Waals surface area contributed by atoms with E-state index < -0.39 is 0 Å². The lowest BCUT2D eigenvalue weighted by Crippen LogP contribution is -2.16. The minimum atomic E-state index is -0.0192. The standard InChI is InChI=1S/C24H20N4O3S/c1-16-5-2-3-7-19(16)28-23(18-6-4-10-25-14-18)26-27-24(28)32-15-20(29)17-8-9-21-22(13-17)31-12-11-30-21/h2-10,13-14H,11-12,15H2,1H3. The number of carbonyl (C=O) groups excluding carboxylic acids is 1. The van der Waals surface area contributed by atoms with Gasteiger partial charge in [-0.05, 0) is 48.9 Å². The van der Waals surface area contributed by atoms with Crippen LogP contribution in [0.5, 0.6) is 11.5 Å². The molecule has 0 atom stereocenters. The Labute approximate surface area is 189 Å². The molecule has 0 N–H and O–H groups in total. The molecule has 32 heavy (non-hydrogen) atoms. The molecule has 5 rings (SSSR count). The molecule has 160 valence electrons. The SMILES string of the molecule is Cc1ccccc1-n1c(SCC(=O)c2ccc3c(c2)OCCO3)nnc1-c1cccnc1. The molecule has 0 fully saturated rings. The van der Waals surface area contributed by atoms with Gasteiger partial charge in [0.05, 0.1) is 11.4 Å². The first-order chi connectivity index (χ1) is 15.7. The first kappa shape index (κ1) is 20.3. The number of ether oxygens (including phenoxy) is 2. The summed E-state index contributed by atoms with van der Waals surface area (Å²) in [4.78, 5) is 17.1. The summed E-state index contributed by atoms with van der Waals surface area (Å²) in [6.07, 6.45) is 3.48. The number of nitrogens with zero attached hydrogens (tertiary/aromatic N) is 4. The molecule has 0 bridgehead atoms. The molecule has 0 spiro atoms. The van der Waals surface area contributed by atoms with Crippen LogP contribution in [0.25, 0.3) is 17.1 Å². The predicted molar refractivity (Wildman–Crippen MR) is 122 cm³/mol. The Morgan fingerprint density at radius 3 is 2.69 bits per heavy atom. The number of aryl methyl sites for hydroxylation is 1. The first-order valence-corrected chi connectivity index (χ1v) is 11.2. The highest BCUT2D eigenvalue weighted by atomic mass is 32.2. The van der Waals surface area contributed by atoms with E-state index in [1.807, 2.05) is 47.9 Å². The molecule has 7 nitrogen and oxygen atoms in total. The van der Waals surface area contributed by atoms with Gasteiger partial charge in [0.25, 0.3) is 0 Å². The molecule has 0 radical (unpaired) electrons. The summed E-state index contributed by atoms with van der Waals surface area (Å²) in [5, 5.41) is 9.46. The maximum atomic E-state index is 12.9. The van der Waals surface area contributed by atoms with Crippen LogP contribution >= 0.6 is 11.8 Å². The zero-order chi connectivity index (χ0) is 21.9. The number of ketones is 1.